The van der Waals surface area contributed by atoms with Gasteiger partial charge < -0.3 is 10.6 Å². The second-order valence-corrected chi connectivity index (χ2v) is 6.53. The summed E-state index contributed by atoms with van der Waals surface area (Å²) in [5.74, 6) is 0.571. The second kappa shape index (κ2) is 10.9. The first kappa shape index (κ1) is 21.3. The molecule has 3 N–H and O–H groups in total. The fourth-order valence-corrected chi connectivity index (χ4v) is 2.85. The first-order valence-corrected chi connectivity index (χ1v) is 8.84. The van der Waals surface area contributed by atoms with Gasteiger partial charge in [-0.3, -0.25) is 15.0 Å². The van der Waals surface area contributed by atoms with Crippen molar-refractivity contribution in [2.45, 2.75) is 11.4 Å². The molecule has 0 amide bonds. The van der Waals surface area contributed by atoms with Crippen LogP contribution in [0.15, 0.2) is 58.8 Å². The SMILES string of the molecule is CN=C(NCCNS(=O)(=O)c1cccnc1)NCc1ccccn1.I. The number of hydrogen-bond donors (Lipinski definition) is 3. The van der Waals surface area contributed by atoms with E-state index >= 15 is 0 Å². The van der Waals surface area contributed by atoms with E-state index in [4.69, 9.17) is 0 Å². The predicted molar refractivity (Wildman–Crippen MR) is 107 cm³/mol. The largest absolute Gasteiger partial charge is 0.355 e. The van der Waals surface area contributed by atoms with E-state index in [1.54, 1.807) is 19.3 Å². The molecule has 0 bridgehead atoms. The van der Waals surface area contributed by atoms with Crippen LogP contribution >= 0.6 is 24.0 Å². The number of nitrogens with zero attached hydrogens (tertiary/aromatic N) is 3. The highest BCUT2D eigenvalue weighted by atomic mass is 127. The molecular weight excluding hydrogens is 455 g/mol. The Morgan fingerprint density at radius 2 is 1.96 bits per heavy atom. The molecule has 10 heteroatoms. The van der Waals surface area contributed by atoms with Crippen molar-refractivity contribution in [2.24, 2.45) is 4.99 Å². The zero-order chi connectivity index (χ0) is 17.3. The van der Waals surface area contributed by atoms with Gasteiger partial charge in [-0.2, -0.15) is 0 Å². The Balaban J connectivity index is 0.00000312. The standard InChI is InChI=1S/C15H20N6O2S.HI/c1-16-15(20-11-13-5-2-3-8-18-13)19-9-10-21-24(22,23)14-6-4-7-17-12-14;/h2-8,12,21H,9-11H2,1H3,(H2,16,19,20);1H. The average Bonchev–Trinajstić information content (AvgIpc) is 2.63. The molecule has 0 spiro atoms. The van der Waals surface area contributed by atoms with Gasteiger partial charge in [0, 0.05) is 38.7 Å². The third-order valence-corrected chi connectivity index (χ3v) is 4.49. The van der Waals surface area contributed by atoms with Crippen molar-refractivity contribution in [3.63, 3.8) is 0 Å². The Morgan fingerprint density at radius 1 is 1.12 bits per heavy atom. The van der Waals surface area contributed by atoms with Crippen molar-refractivity contribution < 1.29 is 8.42 Å². The van der Waals surface area contributed by atoms with Crippen molar-refractivity contribution in [3.8, 4) is 0 Å². The summed E-state index contributed by atoms with van der Waals surface area (Å²) in [4.78, 5) is 12.2. The molecule has 2 aromatic heterocycles. The first-order chi connectivity index (χ1) is 11.6. The van der Waals surface area contributed by atoms with E-state index in [9.17, 15) is 8.42 Å². The lowest BCUT2D eigenvalue weighted by Crippen LogP contribution is -2.41. The Bertz CT molecular complexity index is 756. The zero-order valence-corrected chi connectivity index (χ0v) is 16.9. The molecule has 2 rings (SSSR count). The van der Waals surface area contributed by atoms with Gasteiger partial charge in [-0.1, -0.05) is 6.07 Å². The van der Waals surface area contributed by atoms with Gasteiger partial charge in [0.05, 0.1) is 12.2 Å². The van der Waals surface area contributed by atoms with Gasteiger partial charge in [0.1, 0.15) is 4.90 Å². The number of guanidine groups is 1. The van der Waals surface area contributed by atoms with Gasteiger partial charge in [0.2, 0.25) is 10.0 Å². The molecule has 8 nitrogen and oxygen atoms in total. The van der Waals surface area contributed by atoms with Crippen LogP contribution in [0.25, 0.3) is 0 Å². The number of nitrogens with one attached hydrogen (secondary N) is 3. The molecule has 2 heterocycles. The van der Waals surface area contributed by atoms with E-state index in [1.165, 1.54) is 18.5 Å². The third-order valence-electron chi connectivity index (χ3n) is 3.04. The predicted octanol–water partition coefficient (Wildman–Crippen LogP) is 0.738. The first-order valence-electron chi connectivity index (χ1n) is 7.36. The van der Waals surface area contributed by atoms with Crippen LogP contribution in [0.1, 0.15) is 5.69 Å². The van der Waals surface area contributed by atoms with Crippen LogP contribution in [0, 0.1) is 0 Å². The molecule has 0 aliphatic rings. The Kier molecular flexibility index (Phi) is 9.31. The molecule has 0 radical (unpaired) electrons. The lowest BCUT2D eigenvalue weighted by Gasteiger charge is -2.12. The van der Waals surface area contributed by atoms with E-state index in [2.05, 4.69) is 30.3 Å². The topological polar surface area (TPSA) is 108 Å². The normalized spacial score (nSPS) is 11.5. The minimum absolute atomic E-state index is 0. The number of rotatable bonds is 7. The number of halogens is 1. The number of sulfonamides is 1. The van der Waals surface area contributed by atoms with E-state index < -0.39 is 10.0 Å². The fraction of sp³-hybridized carbons (Fsp3) is 0.267. The lowest BCUT2D eigenvalue weighted by molar-refractivity contribution is 0.580. The molecule has 0 atom stereocenters. The van der Waals surface area contributed by atoms with Crippen molar-refractivity contribution >= 4 is 40.0 Å². The maximum Gasteiger partial charge on any atom is 0.242 e. The molecule has 0 aliphatic heterocycles. The summed E-state index contributed by atoms with van der Waals surface area (Å²) in [6.45, 7) is 1.14. The highest BCUT2D eigenvalue weighted by Gasteiger charge is 2.12. The van der Waals surface area contributed by atoms with Crippen molar-refractivity contribution in [2.75, 3.05) is 20.1 Å². The van der Waals surface area contributed by atoms with Crippen LogP contribution < -0.4 is 15.4 Å². The molecule has 0 unspecified atom stereocenters. The molecule has 0 aliphatic carbocycles. The molecule has 2 aromatic rings. The summed E-state index contributed by atoms with van der Waals surface area (Å²) < 4.78 is 26.6. The molecule has 0 fully saturated rings. The second-order valence-electron chi connectivity index (χ2n) is 4.76. The fourth-order valence-electron chi connectivity index (χ4n) is 1.85. The van der Waals surface area contributed by atoms with E-state index in [-0.39, 0.29) is 35.4 Å². The summed E-state index contributed by atoms with van der Waals surface area (Å²) in [6.07, 6.45) is 4.56. The number of pyridine rings is 2. The van der Waals surface area contributed by atoms with Crippen LogP contribution in [-0.4, -0.2) is 44.5 Å². The highest BCUT2D eigenvalue weighted by molar-refractivity contribution is 14.0. The number of aromatic nitrogens is 2. The van der Waals surface area contributed by atoms with Crippen LogP contribution in [0.2, 0.25) is 0 Å². The van der Waals surface area contributed by atoms with E-state index in [1.807, 2.05) is 18.2 Å². The smallest absolute Gasteiger partial charge is 0.242 e. The third kappa shape index (κ3) is 7.32. The van der Waals surface area contributed by atoms with Gasteiger partial charge in [-0.05, 0) is 24.3 Å². The summed E-state index contributed by atoms with van der Waals surface area (Å²) >= 11 is 0. The van der Waals surface area contributed by atoms with Gasteiger partial charge in [-0.15, -0.1) is 24.0 Å². The van der Waals surface area contributed by atoms with Crippen molar-refractivity contribution in [1.29, 1.82) is 0 Å². The van der Waals surface area contributed by atoms with Gasteiger partial charge >= 0.3 is 0 Å². The van der Waals surface area contributed by atoms with Crippen molar-refractivity contribution in [3.05, 3.63) is 54.6 Å². The van der Waals surface area contributed by atoms with Gasteiger partial charge in [0.25, 0.3) is 0 Å². The Morgan fingerprint density at radius 3 is 2.60 bits per heavy atom. The van der Waals surface area contributed by atoms with Crippen LogP contribution in [0.3, 0.4) is 0 Å². The monoisotopic (exact) mass is 476 g/mol. The maximum absolute atomic E-state index is 12.0. The van der Waals surface area contributed by atoms with Gasteiger partial charge in [0.15, 0.2) is 5.96 Å². The number of aliphatic imine (C=N–C) groups is 1. The molecule has 0 saturated heterocycles. The summed E-state index contributed by atoms with van der Waals surface area (Å²) in [6, 6.07) is 8.74. The molecule has 25 heavy (non-hydrogen) atoms. The summed E-state index contributed by atoms with van der Waals surface area (Å²) in [7, 11) is -1.90. The zero-order valence-electron chi connectivity index (χ0n) is 13.7. The van der Waals surface area contributed by atoms with Crippen molar-refractivity contribution in [1.82, 2.24) is 25.3 Å². The van der Waals surface area contributed by atoms with E-state index in [0.29, 0.717) is 19.0 Å². The van der Waals surface area contributed by atoms with Gasteiger partial charge in [-0.25, -0.2) is 13.1 Å². The number of hydrogen-bond acceptors (Lipinski definition) is 5. The van der Waals surface area contributed by atoms with Crippen LogP contribution in [0.5, 0.6) is 0 Å². The maximum atomic E-state index is 12.0. The Hall–Kier alpha value is -1.79. The minimum atomic E-state index is -3.54. The van der Waals surface area contributed by atoms with Crippen LogP contribution in [-0.2, 0) is 16.6 Å². The lowest BCUT2D eigenvalue weighted by atomic mass is 10.3. The summed E-state index contributed by atoms with van der Waals surface area (Å²) in [5, 5.41) is 6.14. The Labute approximate surface area is 164 Å². The van der Waals surface area contributed by atoms with Crippen LogP contribution in [0.4, 0.5) is 0 Å². The minimum Gasteiger partial charge on any atom is -0.355 e. The molecule has 0 aromatic carbocycles. The molecule has 0 saturated carbocycles. The highest BCUT2D eigenvalue weighted by Crippen LogP contribution is 2.04. The molecule has 136 valence electrons. The average molecular weight is 476 g/mol. The molecular formula is C15H21IN6O2S. The summed E-state index contributed by atoms with van der Waals surface area (Å²) in [5.41, 5.74) is 0.887. The quantitative estimate of drug-likeness (QED) is 0.236. The van der Waals surface area contributed by atoms with E-state index in [0.717, 1.165) is 5.69 Å².